The van der Waals surface area contributed by atoms with Crippen LogP contribution in [0.3, 0.4) is 0 Å². The van der Waals surface area contributed by atoms with Gasteiger partial charge in [0.15, 0.2) is 5.58 Å². The van der Waals surface area contributed by atoms with Gasteiger partial charge in [-0.25, -0.2) is 4.98 Å². The van der Waals surface area contributed by atoms with Gasteiger partial charge in [-0.3, -0.25) is 15.1 Å². The molecule has 0 spiro atoms. The maximum Gasteiger partial charge on any atom is 0.311 e. The highest BCUT2D eigenvalue weighted by Gasteiger charge is 2.17. The average Bonchev–Trinajstić information content (AvgIpc) is 3.11. The molecule has 7 nitrogen and oxygen atoms in total. The summed E-state index contributed by atoms with van der Waals surface area (Å²) >= 11 is 6.90. The van der Waals surface area contributed by atoms with Gasteiger partial charge in [-0.05, 0) is 55.0 Å². The zero-order valence-electron chi connectivity index (χ0n) is 15.5. The van der Waals surface area contributed by atoms with Gasteiger partial charge >= 0.3 is 5.69 Å². The molecule has 0 radical (unpaired) electrons. The third-order valence-electron chi connectivity index (χ3n) is 4.29. The zero-order chi connectivity index (χ0) is 21.4. The SMILES string of the molecule is Cc1cc(C=Nc2ccc3oc(-c4cc(Br)cc(Br)c4)nc3c2)c(O)c([N+](=O)[O-])c1. The van der Waals surface area contributed by atoms with E-state index in [9.17, 15) is 15.2 Å². The molecule has 0 aliphatic heterocycles. The van der Waals surface area contributed by atoms with Crippen LogP contribution >= 0.6 is 31.9 Å². The maximum absolute atomic E-state index is 11.1. The predicted octanol–water partition coefficient (Wildman–Crippen LogP) is 6.69. The second kappa shape index (κ2) is 8.00. The Morgan fingerprint density at radius 1 is 1.13 bits per heavy atom. The first-order chi connectivity index (χ1) is 14.3. The number of phenolic OH excluding ortho intramolecular Hbond substituents is 1. The van der Waals surface area contributed by atoms with Crippen LogP contribution in [0.25, 0.3) is 22.6 Å². The Bertz CT molecular complexity index is 1310. The summed E-state index contributed by atoms with van der Waals surface area (Å²) in [5.74, 6) is 0.0551. The first kappa shape index (κ1) is 20.2. The summed E-state index contributed by atoms with van der Waals surface area (Å²) in [4.78, 5) is 19.3. The second-order valence-electron chi connectivity index (χ2n) is 6.57. The van der Waals surface area contributed by atoms with E-state index in [0.717, 1.165) is 14.5 Å². The molecule has 150 valence electrons. The molecule has 0 aliphatic carbocycles. The first-order valence-corrected chi connectivity index (χ1v) is 10.3. The molecule has 0 unspecified atom stereocenters. The molecular formula is C21H13Br2N3O4. The Hall–Kier alpha value is -3.04. The van der Waals surface area contributed by atoms with E-state index in [-0.39, 0.29) is 11.3 Å². The van der Waals surface area contributed by atoms with Crippen molar-refractivity contribution in [3.05, 3.63) is 78.7 Å². The molecule has 4 rings (SSSR count). The topological polar surface area (TPSA) is 102 Å². The van der Waals surface area contributed by atoms with Crippen LogP contribution in [0.4, 0.5) is 11.4 Å². The van der Waals surface area contributed by atoms with Crippen LogP contribution in [-0.2, 0) is 0 Å². The van der Waals surface area contributed by atoms with E-state index >= 15 is 0 Å². The Morgan fingerprint density at radius 2 is 1.87 bits per heavy atom. The fraction of sp³-hybridized carbons (Fsp3) is 0.0476. The Labute approximate surface area is 187 Å². The Kier molecular flexibility index (Phi) is 5.40. The van der Waals surface area contributed by atoms with Crippen molar-refractivity contribution >= 4 is 60.5 Å². The van der Waals surface area contributed by atoms with Crippen molar-refractivity contribution in [2.24, 2.45) is 4.99 Å². The van der Waals surface area contributed by atoms with E-state index in [1.165, 1.54) is 12.3 Å². The van der Waals surface area contributed by atoms with Gasteiger partial charge < -0.3 is 9.52 Å². The molecule has 1 N–H and O–H groups in total. The number of hydrogen-bond acceptors (Lipinski definition) is 6. The maximum atomic E-state index is 11.1. The Morgan fingerprint density at radius 3 is 2.57 bits per heavy atom. The smallest absolute Gasteiger partial charge is 0.311 e. The number of aryl methyl sites for hydroxylation is 1. The standard InChI is InChI=1S/C21H13Br2N3O4/c1-11-4-13(20(27)18(5-11)26(28)29)10-24-16-2-3-19-17(9-16)25-21(30-19)12-6-14(22)8-15(23)7-12/h2-10,27H,1H3. The third kappa shape index (κ3) is 4.12. The summed E-state index contributed by atoms with van der Waals surface area (Å²) in [5, 5.41) is 21.2. The summed E-state index contributed by atoms with van der Waals surface area (Å²) in [5.41, 5.74) is 3.17. The molecule has 30 heavy (non-hydrogen) atoms. The molecule has 0 saturated heterocycles. The number of oxazole rings is 1. The van der Waals surface area contributed by atoms with Crippen molar-refractivity contribution in [3.63, 3.8) is 0 Å². The van der Waals surface area contributed by atoms with Gasteiger partial charge in [-0.2, -0.15) is 0 Å². The number of halogens is 2. The summed E-state index contributed by atoms with van der Waals surface area (Å²) in [7, 11) is 0. The lowest BCUT2D eigenvalue weighted by Gasteiger charge is -2.02. The number of rotatable bonds is 4. The molecular weight excluding hydrogens is 518 g/mol. The van der Waals surface area contributed by atoms with Crippen molar-refractivity contribution in [3.8, 4) is 17.2 Å². The van der Waals surface area contributed by atoms with Gasteiger partial charge in [0.25, 0.3) is 0 Å². The van der Waals surface area contributed by atoms with E-state index in [4.69, 9.17) is 4.42 Å². The molecule has 1 heterocycles. The molecule has 0 saturated carbocycles. The quantitative estimate of drug-likeness (QED) is 0.180. The van der Waals surface area contributed by atoms with Crippen molar-refractivity contribution in [1.82, 2.24) is 4.98 Å². The highest BCUT2D eigenvalue weighted by atomic mass is 79.9. The normalized spacial score (nSPS) is 11.4. The number of nitrogens with zero attached hydrogens (tertiary/aromatic N) is 3. The number of phenols is 1. The summed E-state index contributed by atoms with van der Waals surface area (Å²) in [6, 6.07) is 13.9. The van der Waals surface area contributed by atoms with E-state index in [1.54, 1.807) is 31.2 Å². The number of aliphatic imine (C=N–C) groups is 1. The Balaban J connectivity index is 1.69. The minimum Gasteiger partial charge on any atom is -0.502 e. The number of nitro benzene ring substituents is 1. The first-order valence-electron chi connectivity index (χ1n) is 8.69. The van der Waals surface area contributed by atoms with E-state index in [2.05, 4.69) is 41.8 Å². The van der Waals surface area contributed by atoms with Crippen LogP contribution < -0.4 is 0 Å². The minimum absolute atomic E-state index is 0.265. The van der Waals surface area contributed by atoms with Crippen LogP contribution in [0.5, 0.6) is 5.75 Å². The lowest BCUT2D eigenvalue weighted by molar-refractivity contribution is -0.385. The van der Waals surface area contributed by atoms with Gasteiger partial charge in [-0.15, -0.1) is 0 Å². The largest absolute Gasteiger partial charge is 0.502 e. The fourth-order valence-electron chi connectivity index (χ4n) is 2.97. The van der Waals surface area contributed by atoms with Gasteiger partial charge in [0.2, 0.25) is 11.6 Å². The fourth-order valence-corrected chi connectivity index (χ4v) is 4.26. The predicted molar refractivity (Wildman–Crippen MR) is 122 cm³/mol. The molecule has 0 atom stereocenters. The molecule has 1 aromatic heterocycles. The van der Waals surface area contributed by atoms with E-state index in [0.29, 0.717) is 28.2 Å². The summed E-state index contributed by atoms with van der Waals surface area (Å²) < 4.78 is 7.63. The number of fused-ring (bicyclic) bond motifs is 1. The molecule has 4 aromatic rings. The highest BCUT2D eigenvalue weighted by Crippen LogP contribution is 2.32. The number of hydrogen-bond donors (Lipinski definition) is 1. The van der Waals surface area contributed by atoms with Crippen LogP contribution in [0.15, 0.2) is 66.9 Å². The molecule has 0 amide bonds. The number of nitro groups is 1. The van der Waals surface area contributed by atoms with Crippen LogP contribution in [0.2, 0.25) is 0 Å². The van der Waals surface area contributed by atoms with Crippen molar-refractivity contribution in [1.29, 1.82) is 0 Å². The molecule has 9 heteroatoms. The lowest BCUT2D eigenvalue weighted by atomic mass is 10.1. The monoisotopic (exact) mass is 529 g/mol. The second-order valence-corrected chi connectivity index (χ2v) is 8.40. The average molecular weight is 531 g/mol. The van der Waals surface area contributed by atoms with Crippen molar-refractivity contribution < 1.29 is 14.4 Å². The van der Waals surface area contributed by atoms with E-state index < -0.39 is 10.7 Å². The van der Waals surface area contributed by atoms with Crippen molar-refractivity contribution in [2.75, 3.05) is 0 Å². The number of benzene rings is 3. The number of aromatic hydroxyl groups is 1. The lowest BCUT2D eigenvalue weighted by Crippen LogP contribution is -1.93. The highest BCUT2D eigenvalue weighted by molar-refractivity contribution is 9.11. The molecule has 0 aliphatic rings. The molecule has 3 aromatic carbocycles. The van der Waals surface area contributed by atoms with Crippen molar-refractivity contribution in [2.45, 2.75) is 6.92 Å². The van der Waals surface area contributed by atoms with Gasteiger partial charge in [0.1, 0.15) is 5.52 Å². The molecule has 0 bridgehead atoms. The van der Waals surface area contributed by atoms with Gasteiger partial charge in [0.05, 0.1) is 10.6 Å². The van der Waals surface area contributed by atoms with Crippen LogP contribution in [-0.4, -0.2) is 21.2 Å². The number of aromatic nitrogens is 1. The van der Waals surface area contributed by atoms with Crippen LogP contribution in [0, 0.1) is 17.0 Å². The minimum atomic E-state index is -0.622. The zero-order valence-corrected chi connectivity index (χ0v) is 18.6. The van der Waals surface area contributed by atoms with Gasteiger partial charge in [-0.1, -0.05) is 31.9 Å². The van der Waals surface area contributed by atoms with E-state index in [1.807, 2.05) is 18.2 Å². The molecule has 0 fully saturated rings. The summed E-state index contributed by atoms with van der Waals surface area (Å²) in [6.07, 6.45) is 1.39. The van der Waals surface area contributed by atoms with Gasteiger partial charge in [0, 0.05) is 32.4 Å². The van der Waals surface area contributed by atoms with Crippen LogP contribution in [0.1, 0.15) is 11.1 Å². The summed E-state index contributed by atoms with van der Waals surface area (Å²) in [6.45, 7) is 1.72. The third-order valence-corrected chi connectivity index (χ3v) is 5.21.